The van der Waals surface area contributed by atoms with Crippen molar-refractivity contribution in [2.24, 2.45) is 23.7 Å². The van der Waals surface area contributed by atoms with Crippen molar-refractivity contribution in [3.63, 3.8) is 0 Å². The summed E-state index contributed by atoms with van der Waals surface area (Å²) in [4.78, 5) is 0. The normalized spacial score (nSPS) is 40.7. The van der Waals surface area contributed by atoms with Gasteiger partial charge in [0.25, 0.3) is 0 Å². The Balaban J connectivity index is 1.44. The minimum absolute atomic E-state index is 1.05. The molecule has 0 aromatic rings. The van der Waals surface area contributed by atoms with Gasteiger partial charge in [-0.15, -0.1) is 0 Å². The zero-order valence-corrected chi connectivity index (χ0v) is 21.5. The average Bonchev–Trinajstić information content (AvgIpc) is 3.28. The summed E-state index contributed by atoms with van der Waals surface area (Å²) in [7, 11) is -2.57. The summed E-state index contributed by atoms with van der Waals surface area (Å²) < 4.78 is 6.30. The highest BCUT2D eigenvalue weighted by molar-refractivity contribution is 6.81. The minimum Gasteiger partial charge on any atom is -0.418 e. The predicted octanol–water partition coefficient (Wildman–Crippen LogP) is 8.25. The monoisotopic (exact) mass is 420 g/mol. The zero-order chi connectivity index (χ0) is 19.8. The van der Waals surface area contributed by atoms with Gasteiger partial charge >= 0.3 is 0 Å². The molecule has 1 nitrogen and oxygen atoms in total. The summed E-state index contributed by atoms with van der Waals surface area (Å²) in [6.07, 6.45) is 20.3. The van der Waals surface area contributed by atoms with Crippen LogP contribution in [0.2, 0.25) is 43.3 Å². The van der Waals surface area contributed by atoms with Crippen LogP contribution in [0.3, 0.4) is 0 Å². The molecule has 4 atom stereocenters. The van der Waals surface area contributed by atoms with Gasteiger partial charge < -0.3 is 4.43 Å². The molecule has 0 amide bonds. The minimum atomic E-state index is -1.35. The first kappa shape index (κ1) is 21.6. The van der Waals surface area contributed by atoms with E-state index in [4.69, 9.17) is 4.43 Å². The Morgan fingerprint density at radius 2 is 1.04 bits per heavy atom. The summed E-state index contributed by atoms with van der Waals surface area (Å²) in [6, 6.07) is 1.58. The lowest BCUT2D eigenvalue weighted by atomic mass is 9.82. The summed E-state index contributed by atoms with van der Waals surface area (Å²) in [6.45, 7) is 11.0. The predicted molar refractivity (Wildman–Crippen MR) is 127 cm³/mol. The van der Waals surface area contributed by atoms with Gasteiger partial charge in [0.15, 0.2) is 8.32 Å². The maximum atomic E-state index is 6.30. The molecule has 4 unspecified atom stereocenters. The third-order valence-electron chi connectivity index (χ3n) is 9.74. The lowest BCUT2D eigenvalue weighted by molar-refractivity contribution is 0.277. The van der Waals surface area contributed by atoms with Crippen LogP contribution in [0.15, 0.2) is 0 Å². The molecule has 4 fully saturated rings. The third-order valence-corrected chi connectivity index (χ3v) is 16.9. The Morgan fingerprint density at radius 3 is 1.39 bits per heavy atom. The Hall–Kier alpha value is 0.394. The molecule has 4 saturated carbocycles. The first-order valence-electron chi connectivity index (χ1n) is 13.0. The summed E-state index contributed by atoms with van der Waals surface area (Å²) in [5, 5.41) is 0. The molecule has 162 valence electrons. The van der Waals surface area contributed by atoms with Gasteiger partial charge in [0.2, 0.25) is 0 Å². The molecule has 4 aliphatic rings. The van der Waals surface area contributed by atoms with Crippen molar-refractivity contribution in [2.45, 2.75) is 127 Å². The topological polar surface area (TPSA) is 9.23 Å². The third kappa shape index (κ3) is 4.82. The first-order chi connectivity index (χ1) is 13.4. The smallest absolute Gasteiger partial charge is 0.183 e. The van der Waals surface area contributed by atoms with Crippen molar-refractivity contribution in [1.82, 2.24) is 0 Å². The number of fused-ring (bicyclic) bond motifs is 2. The van der Waals surface area contributed by atoms with Crippen LogP contribution in [0.4, 0.5) is 0 Å². The molecular formula is C25H48OSi2. The van der Waals surface area contributed by atoms with E-state index in [1.807, 2.05) is 0 Å². The van der Waals surface area contributed by atoms with Crippen LogP contribution in [-0.4, -0.2) is 23.0 Å². The molecule has 0 aromatic heterocycles. The van der Waals surface area contributed by atoms with E-state index in [0.29, 0.717) is 0 Å². The van der Waals surface area contributed by atoms with Crippen molar-refractivity contribution < 1.29 is 4.43 Å². The molecule has 28 heavy (non-hydrogen) atoms. The highest BCUT2D eigenvalue weighted by Gasteiger charge is 2.52. The van der Waals surface area contributed by atoms with E-state index in [-0.39, 0.29) is 0 Å². The van der Waals surface area contributed by atoms with Crippen molar-refractivity contribution in [1.29, 1.82) is 0 Å². The van der Waals surface area contributed by atoms with Crippen LogP contribution >= 0.6 is 0 Å². The van der Waals surface area contributed by atoms with Gasteiger partial charge in [-0.3, -0.25) is 0 Å². The molecule has 0 aliphatic heterocycles. The second-order valence-electron chi connectivity index (χ2n) is 12.5. The Bertz CT molecular complexity index is 453. The standard InChI is InChI=1S/C25H48OSi2/c1-27(2,3)26-14-9-15-28(4,24-16-20-10-5-6-11-21(20)17-24)25-18-22-12-7-8-13-23(22)19-25/h20-25H,5-19H2,1-4H3. The van der Waals surface area contributed by atoms with E-state index in [2.05, 4.69) is 26.2 Å². The number of hydrogen-bond acceptors (Lipinski definition) is 1. The van der Waals surface area contributed by atoms with Crippen LogP contribution in [-0.2, 0) is 4.43 Å². The van der Waals surface area contributed by atoms with Crippen molar-refractivity contribution in [3.8, 4) is 0 Å². The van der Waals surface area contributed by atoms with Gasteiger partial charge in [-0.1, -0.05) is 64.0 Å². The number of rotatable bonds is 7. The van der Waals surface area contributed by atoms with E-state index < -0.39 is 16.4 Å². The maximum Gasteiger partial charge on any atom is 0.183 e. The van der Waals surface area contributed by atoms with Gasteiger partial charge in [0, 0.05) is 6.61 Å². The number of hydrogen-bond donors (Lipinski definition) is 0. The summed E-state index contributed by atoms with van der Waals surface area (Å²) >= 11 is 0. The van der Waals surface area contributed by atoms with Gasteiger partial charge in [-0.05, 0) is 86.5 Å². The van der Waals surface area contributed by atoms with Crippen molar-refractivity contribution in [3.05, 3.63) is 0 Å². The lowest BCUT2D eigenvalue weighted by Gasteiger charge is -2.40. The molecule has 3 heteroatoms. The zero-order valence-electron chi connectivity index (χ0n) is 19.5. The molecule has 0 bridgehead atoms. The fourth-order valence-corrected chi connectivity index (χ4v) is 14.6. The van der Waals surface area contributed by atoms with Gasteiger partial charge in [0.1, 0.15) is 0 Å². The second-order valence-corrected chi connectivity index (χ2v) is 22.2. The largest absolute Gasteiger partial charge is 0.418 e. The lowest BCUT2D eigenvalue weighted by Crippen LogP contribution is -2.41. The molecular weight excluding hydrogens is 372 g/mol. The quantitative estimate of drug-likeness (QED) is 0.297. The Morgan fingerprint density at radius 1 is 0.643 bits per heavy atom. The summed E-state index contributed by atoms with van der Waals surface area (Å²) in [5.74, 6) is 4.47. The SMILES string of the molecule is C[Si](C)(C)OCCC[Si](C)(C1CC2CCCCC2C1)C1CC2CCCCC2C1. The van der Waals surface area contributed by atoms with Crippen LogP contribution in [0, 0.1) is 23.7 Å². The summed E-state index contributed by atoms with van der Waals surface area (Å²) in [5.41, 5.74) is 2.30. The van der Waals surface area contributed by atoms with Crippen molar-refractivity contribution >= 4 is 16.4 Å². The molecule has 0 heterocycles. The Kier molecular flexibility index (Phi) is 6.85. The van der Waals surface area contributed by atoms with Gasteiger partial charge in [-0.2, -0.15) is 0 Å². The van der Waals surface area contributed by atoms with E-state index in [1.165, 1.54) is 32.1 Å². The molecule has 0 radical (unpaired) electrons. The van der Waals surface area contributed by atoms with Gasteiger partial charge in [0.05, 0.1) is 8.07 Å². The van der Waals surface area contributed by atoms with Crippen LogP contribution in [0.25, 0.3) is 0 Å². The van der Waals surface area contributed by atoms with E-state index in [9.17, 15) is 0 Å². The van der Waals surface area contributed by atoms with Gasteiger partial charge in [-0.25, -0.2) is 0 Å². The molecule has 4 rings (SSSR count). The average molecular weight is 421 g/mol. The molecule has 0 saturated heterocycles. The fraction of sp³-hybridized carbons (Fsp3) is 1.00. The maximum absolute atomic E-state index is 6.30. The highest BCUT2D eigenvalue weighted by Crippen LogP contribution is 2.60. The molecule has 0 aromatic carbocycles. The van der Waals surface area contributed by atoms with E-state index in [1.54, 1.807) is 57.4 Å². The first-order valence-corrected chi connectivity index (χ1v) is 19.3. The second kappa shape index (κ2) is 8.87. The van der Waals surface area contributed by atoms with Crippen LogP contribution in [0.5, 0.6) is 0 Å². The van der Waals surface area contributed by atoms with Crippen LogP contribution in [0.1, 0.15) is 83.5 Å². The van der Waals surface area contributed by atoms with E-state index >= 15 is 0 Å². The van der Waals surface area contributed by atoms with Crippen LogP contribution < -0.4 is 0 Å². The molecule has 0 N–H and O–H groups in total. The highest BCUT2D eigenvalue weighted by atomic mass is 28.4. The molecule has 4 aliphatic carbocycles. The fourth-order valence-electron chi connectivity index (χ4n) is 8.11. The van der Waals surface area contributed by atoms with Crippen molar-refractivity contribution in [2.75, 3.05) is 6.61 Å². The Labute approximate surface area is 177 Å². The molecule has 0 spiro atoms. The van der Waals surface area contributed by atoms with E-state index in [0.717, 1.165) is 41.4 Å².